The van der Waals surface area contributed by atoms with E-state index in [4.69, 9.17) is 16.3 Å². The number of amides is 1. The number of alkyl halides is 6. The zero-order chi connectivity index (χ0) is 28.3. The highest BCUT2D eigenvalue weighted by Crippen LogP contribution is 2.37. The number of rotatable bonds is 8. The van der Waals surface area contributed by atoms with Crippen LogP contribution in [-0.4, -0.2) is 32.3 Å². The molecule has 0 fully saturated rings. The number of anilines is 1. The van der Waals surface area contributed by atoms with Crippen LogP contribution in [0.2, 0.25) is 5.02 Å². The summed E-state index contributed by atoms with van der Waals surface area (Å²) >= 11 is 5.96. The van der Waals surface area contributed by atoms with Gasteiger partial charge in [0.05, 0.1) is 24.8 Å². The summed E-state index contributed by atoms with van der Waals surface area (Å²) in [6.07, 6.45) is -10.3. The van der Waals surface area contributed by atoms with E-state index in [9.17, 15) is 39.6 Å². The van der Waals surface area contributed by atoms with Gasteiger partial charge in [-0.2, -0.15) is 30.6 Å². The number of ether oxygens (including phenoxy) is 1. The Labute approximate surface area is 218 Å². The second-order valence-corrected chi connectivity index (χ2v) is 10.2. The van der Waals surface area contributed by atoms with Crippen molar-refractivity contribution in [3.63, 3.8) is 0 Å². The Balaban J connectivity index is 1.99. The minimum Gasteiger partial charge on any atom is -0.495 e. The monoisotopic (exact) mass is 580 g/mol. The Hall–Kier alpha value is -3.29. The van der Waals surface area contributed by atoms with Gasteiger partial charge in [-0.05, 0) is 42.0 Å². The van der Waals surface area contributed by atoms with Gasteiger partial charge in [-0.3, -0.25) is 4.79 Å². The molecule has 0 bridgehead atoms. The molecule has 6 nitrogen and oxygen atoms in total. The normalized spacial score (nSPS) is 12.4. The van der Waals surface area contributed by atoms with E-state index in [1.807, 2.05) is 5.32 Å². The summed E-state index contributed by atoms with van der Waals surface area (Å²) in [6, 6.07) is 12.3. The molecule has 0 aromatic heterocycles. The molecule has 1 amide bonds. The standard InChI is InChI=1S/C24H19ClF6N2O4S/c1-37-20-8-7-18(25)12-21(20)38(35,36)33(13-15-5-3-2-4-6-15)14-22(34)32-19-10-16(23(26,27)28)9-17(11-19)24(29,30)31/h2-12H,13-14H2,1H3,(H,32,34). The Morgan fingerprint density at radius 2 is 1.50 bits per heavy atom. The molecule has 38 heavy (non-hydrogen) atoms. The average molecular weight is 581 g/mol. The molecular weight excluding hydrogens is 562 g/mol. The zero-order valence-corrected chi connectivity index (χ0v) is 21.0. The topological polar surface area (TPSA) is 75.7 Å². The van der Waals surface area contributed by atoms with E-state index in [1.165, 1.54) is 19.2 Å². The van der Waals surface area contributed by atoms with Crippen LogP contribution >= 0.6 is 11.6 Å². The van der Waals surface area contributed by atoms with Crippen LogP contribution in [0.5, 0.6) is 5.75 Å². The van der Waals surface area contributed by atoms with Gasteiger partial charge in [-0.25, -0.2) is 8.42 Å². The summed E-state index contributed by atoms with van der Waals surface area (Å²) in [4.78, 5) is 12.4. The Morgan fingerprint density at radius 1 is 0.921 bits per heavy atom. The fourth-order valence-electron chi connectivity index (χ4n) is 3.39. The van der Waals surface area contributed by atoms with Gasteiger partial charge in [0.25, 0.3) is 0 Å². The molecule has 3 rings (SSSR count). The van der Waals surface area contributed by atoms with Crippen molar-refractivity contribution in [2.45, 2.75) is 23.8 Å². The van der Waals surface area contributed by atoms with Crippen LogP contribution in [0.15, 0.2) is 71.6 Å². The smallest absolute Gasteiger partial charge is 0.416 e. The van der Waals surface area contributed by atoms with Crippen molar-refractivity contribution in [1.82, 2.24) is 4.31 Å². The first-order valence-electron chi connectivity index (χ1n) is 10.6. The van der Waals surface area contributed by atoms with E-state index in [1.54, 1.807) is 30.3 Å². The van der Waals surface area contributed by atoms with Gasteiger partial charge in [-0.1, -0.05) is 41.9 Å². The Kier molecular flexibility index (Phi) is 8.64. The lowest BCUT2D eigenvalue weighted by atomic mass is 10.1. The molecule has 0 aliphatic heterocycles. The molecule has 0 radical (unpaired) electrons. The summed E-state index contributed by atoms with van der Waals surface area (Å²) in [5.74, 6) is -1.28. The molecule has 1 N–H and O–H groups in total. The minimum absolute atomic E-state index is 0.0390. The number of carbonyl (C=O) groups is 1. The van der Waals surface area contributed by atoms with Crippen molar-refractivity contribution in [2.24, 2.45) is 0 Å². The molecule has 0 unspecified atom stereocenters. The number of nitrogens with zero attached hydrogens (tertiary/aromatic N) is 1. The average Bonchev–Trinajstić information content (AvgIpc) is 2.83. The highest BCUT2D eigenvalue weighted by Gasteiger charge is 2.37. The molecule has 0 aliphatic carbocycles. The Morgan fingerprint density at radius 3 is 2.03 bits per heavy atom. The maximum absolute atomic E-state index is 13.5. The zero-order valence-electron chi connectivity index (χ0n) is 19.4. The van der Waals surface area contributed by atoms with Gasteiger partial charge < -0.3 is 10.1 Å². The molecule has 3 aromatic rings. The number of methoxy groups -OCH3 is 1. The number of benzene rings is 3. The molecule has 0 aliphatic rings. The molecule has 0 saturated heterocycles. The number of hydrogen-bond donors (Lipinski definition) is 1. The first kappa shape index (κ1) is 29.3. The minimum atomic E-state index is -5.13. The maximum atomic E-state index is 13.5. The highest BCUT2D eigenvalue weighted by molar-refractivity contribution is 7.89. The number of carbonyl (C=O) groups excluding carboxylic acids is 1. The maximum Gasteiger partial charge on any atom is 0.416 e. The lowest BCUT2D eigenvalue weighted by Gasteiger charge is -2.23. The van der Waals surface area contributed by atoms with Crippen molar-refractivity contribution >= 4 is 33.2 Å². The fraction of sp³-hybridized carbons (Fsp3) is 0.208. The SMILES string of the molecule is COc1ccc(Cl)cc1S(=O)(=O)N(CC(=O)Nc1cc(C(F)(F)F)cc(C(F)(F)F)c1)Cc1ccccc1. The number of hydrogen-bond acceptors (Lipinski definition) is 4. The third kappa shape index (κ3) is 7.17. The predicted molar refractivity (Wildman–Crippen MR) is 127 cm³/mol. The van der Waals surface area contributed by atoms with E-state index >= 15 is 0 Å². The lowest BCUT2D eigenvalue weighted by Crippen LogP contribution is -2.37. The third-order valence-corrected chi connectivity index (χ3v) is 7.18. The van der Waals surface area contributed by atoms with E-state index in [2.05, 4.69) is 0 Å². The van der Waals surface area contributed by atoms with Crippen LogP contribution in [0.4, 0.5) is 32.0 Å². The molecule has 3 aromatic carbocycles. The van der Waals surface area contributed by atoms with Crippen molar-refractivity contribution in [3.05, 3.63) is 88.4 Å². The summed E-state index contributed by atoms with van der Waals surface area (Å²) in [6.45, 7) is -1.31. The van der Waals surface area contributed by atoms with Crippen molar-refractivity contribution in [1.29, 1.82) is 0 Å². The number of sulfonamides is 1. The molecule has 0 spiro atoms. The molecule has 0 heterocycles. The van der Waals surface area contributed by atoms with Crippen molar-refractivity contribution in [3.8, 4) is 5.75 Å². The van der Waals surface area contributed by atoms with Crippen LogP contribution in [0, 0.1) is 0 Å². The summed E-state index contributed by atoms with van der Waals surface area (Å²) in [7, 11) is -3.30. The summed E-state index contributed by atoms with van der Waals surface area (Å²) < 4.78 is 112. The number of halogens is 7. The molecule has 14 heteroatoms. The van der Waals surface area contributed by atoms with Gasteiger partial charge in [0.15, 0.2) is 0 Å². The largest absolute Gasteiger partial charge is 0.495 e. The lowest BCUT2D eigenvalue weighted by molar-refractivity contribution is -0.143. The van der Waals surface area contributed by atoms with E-state index in [0.717, 1.165) is 6.07 Å². The van der Waals surface area contributed by atoms with Gasteiger partial charge in [0.1, 0.15) is 10.6 Å². The summed E-state index contributed by atoms with van der Waals surface area (Å²) in [5.41, 5.74) is -3.64. The van der Waals surface area contributed by atoms with E-state index in [0.29, 0.717) is 22.0 Å². The highest BCUT2D eigenvalue weighted by atomic mass is 35.5. The molecule has 0 saturated carbocycles. The molecule has 204 valence electrons. The predicted octanol–water partition coefficient (Wildman–Crippen LogP) is 6.22. The first-order valence-corrected chi connectivity index (χ1v) is 12.4. The van der Waals surface area contributed by atoms with Gasteiger partial charge in [0, 0.05) is 17.3 Å². The third-order valence-electron chi connectivity index (χ3n) is 5.14. The van der Waals surface area contributed by atoms with Crippen LogP contribution in [0.1, 0.15) is 16.7 Å². The van der Waals surface area contributed by atoms with Gasteiger partial charge in [0.2, 0.25) is 15.9 Å². The first-order chi connectivity index (χ1) is 17.6. The van der Waals surface area contributed by atoms with Crippen LogP contribution in [0.3, 0.4) is 0 Å². The van der Waals surface area contributed by atoms with E-state index in [-0.39, 0.29) is 23.4 Å². The fourth-order valence-corrected chi connectivity index (χ4v) is 5.19. The van der Waals surface area contributed by atoms with Crippen LogP contribution in [0.25, 0.3) is 0 Å². The Bertz CT molecular complexity index is 1380. The number of nitrogens with one attached hydrogen (secondary N) is 1. The van der Waals surface area contributed by atoms with E-state index < -0.39 is 56.5 Å². The van der Waals surface area contributed by atoms with Gasteiger partial charge in [-0.15, -0.1) is 0 Å². The quantitative estimate of drug-likeness (QED) is 0.321. The second-order valence-electron chi connectivity index (χ2n) is 7.90. The van der Waals surface area contributed by atoms with Gasteiger partial charge >= 0.3 is 12.4 Å². The summed E-state index contributed by atoms with van der Waals surface area (Å²) in [5, 5.41) is 1.98. The molecule has 0 atom stereocenters. The van der Waals surface area contributed by atoms with Crippen molar-refractivity contribution < 1.29 is 44.3 Å². The van der Waals surface area contributed by atoms with Crippen LogP contribution < -0.4 is 10.1 Å². The van der Waals surface area contributed by atoms with Crippen LogP contribution in [-0.2, 0) is 33.7 Å². The van der Waals surface area contributed by atoms with Crippen molar-refractivity contribution in [2.75, 3.05) is 19.0 Å². The second kappa shape index (κ2) is 11.2. The molecular formula is C24H19ClF6N2O4S.